The van der Waals surface area contributed by atoms with Gasteiger partial charge in [0.05, 0.1) is 12.2 Å². The highest BCUT2D eigenvalue weighted by Crippen LogP contribution is 2.37. The summed E-state index contributed by atoms with van der Waals surface area (Å²) >= 11 is 7.63. The van der Waals surface area contributed by atoms with Gasteiger partial charge in [0.25, 0.3) is 0 Å². The Morgan fingerprint density at radius 2 is 1.93 bits per heavy atom. The van der Waals surface area contributed by atoms with Crippen molar-refractivity contribution in [1.82, 2.24) is 0 Å². The lowest BCUT2D eigenvalue weighted by molar-refractivity contribution is -0.111. The Bertz CT molecular complexity index is 888. The zero-order valence-electron chi connectivity index (χ0n) is 15.9. The van der Waals surface area contributed by atoms with E-state index < -0.39 is 0 Å². The summed E-state index contributed by atoms with van der Waals surface area (Å²) in [6.45, 7) is 2.10. The van der Waals surface area contributed by atoms with Crippen molar-refractivity contribution in [2.24, 2.45) is 0 Å². The van der Waals surface area contributed by atoms with Crippen LogP contribution in [0.3, 0.4) is 0 Å². The minimum atomic E-state index is -0.356. The molecule has 0 atom stereocenters. The van der Waals surface area contributed by atoms with Gasteiger partial charge in [-0.05, 0) is 55.9 Å². The second-order valence-corrected chi connectivity index (χ2v) is 8.20. The number of benzene rings is 1. The Labute approximate surface area is 174 Å². The first-order valence-corrected chi connectivity index (χ1v) is 10.8. The summed E-state index contributed by atoms with van der Waals surface area (Å²) in [5, 5.41) is 4.05. The second-order valence-electron chi connectivity index (χ2n) is 6.69. The minimum Gasteiger partial charge on any atom is -0.462 e. The van der Waals surface area contributed by atoms with Gasteiger partial charge in [0.1, 0.15) is 5.00 Å². The predicted octanol–water partition coefficient (Wildman–Crippen LogP) is 5.89. The summed E-state index contributed by atoms with van der Waals surface area (Å²) in [5.41, 5.74) is 2.35. The molecule has 1 aromatic heterocycles. The summed E-state index contributed by atoms with van der Waals surface area (Å²) in [6.07, 6.45) is 9.43. The van der Waals surface area contributed by atoms with E-state index in [4.69, 9.17) is 16.3 Å². The van der Waals surface area contributed by atoms with Crippen LogP contribution >= 0.6 is 22.9 Å². The van der Waals surface area contributed by atoms with Gasteiger partial charge >= 0.3 is 5.97 Å². The van der Waals surface area contributed by atoms with E-state index >= 15 is 0 Å². The van der Waals surface area contributed by atoms with E-state index in [1.165, 1.54) is 35.1 Å². The molecule has 1 heterocycles. The number of hydrogen-bond acceptors (Lipinski definition) is 4. The van der Waals surface area contributed by atoms with Crippen LogP contribution in [-0.2, 0) is 22.4 Å². The summed E-state index contributed by atoms with van der Waals surface area (Å²) in [6, 6.07) is 7.32. The molecule has 3 rings (SSSR count). The highest BCUT2D eigenvalue weighted by Gasteiger charge is 2.25. The molecule has 1 aliphatic rings. The van der Waals surface area contributed by atoms with Gasteiger partial charge in [-0.25, -0.2) is 4.79 Å². The van der Waals surface area contributed by atoms with Gasteiger partial charge in [-0.3, -0.25) is 4.79 Å². The van der Waals surface area contributed by atoms with Crippen molar-refractivity contribution >= 4 is 45.9 Å². The number of aryl methyl sites for hydroxylation is 1. The molecular formula is C22H24ClNO3S. The zero-order valence-corrected chi connectivity index (χ0v) is 17.5. The van der Waals surface area contributed by atoms with Gasteiger partial charge < -0.3 is 10.1 Å². The Morgan fingerprint density at radius 1 is 1.18 bits per heavy atom. The standard InChI is InChI=1S/C22H24ClNO3S/c1-2-27-22(26)20-16-10-5-3-4-6-12-18(16)28-21(20)24-19(25)14-13-15-9-7-8-11-17(15)23/h7-9,11,13-14H,2-6,10,12H2,1H3,(H,24,25)/b14-13-. The molecule has 0 bridgehead atoms. The molecule has 1 aliphatic carbocycles. The molecule has 0 unspecified atom stereocenters. The molecule has 28 heavy (non-hydrogen) atoms. The van der Waals surface area contributed by atoms with Crippen LogP contribution in [0.1, 0.15) is 59.0 Å². The quantitative estimate of drug-likeness (QED) is 0.487. The van der Waals surface area contributed by atoms with Crippen LogP contribution in [0.15, 0.2) is 30.3 Å². The van der Waals surface area contributed by atoms with Gasteiger partial charge in [-0.2, -0.15) is 0 Å². The van der Waals surface area contributed by atoms with Crippen molar-refractivity contribution < 1.29 is 14.3 Å². The highest BCUT2D eigenvalue weighted by molar-refractivity contribution is 7.17. The number of carbonyl (C=O) groups excluding carboxylic acids is 2. The van der Waals surface area contributed by atoms with Crippen molar-refractivity contribution in [2.45, 2.75) is 45.4 Å². The minimum absolute atomic E-state index is 0.292. The molecule has 4 nitrogen and oxygen atoms in total. The van der Waals surface area contributed by atoms with Crippen molar-refractivity contribution in [1.29, 1.82) is 0 Å². The number of thiophene rings is 1. The third-order valence-corrected chi connectivity index (χ3v) is 6.26. The van der Waals surface area contributed by atoms with E-state index in [1.54, 1.807) is 19.1 Å². The topological polar surface area (TPSA) is 55.4 Å². The largest absolute Gasteiger partial charge is 0.462 e. The first kappa shape index (κ1) is 20.6. The molecule has 2 aromatic rings. The fraction of sp³-hybridized carbons (Fsp3) is 0.364. The van der Waals surface area contributed by atoms with Crippen LogP contribution in [-0.4, -0.2) is 18.5 Å². The van der Waals surface area contributed by atoms with Crippen LogP contribution in [0.5, 0.6) is 0 Å². The average Bonchev–Trinajstić information content (AvgIpc) is 2.97. The van der Waals surface area contributed by atoms with Crippen LogP contribution in [0.2, 0.25) is 5.02 Å². The monoisotopic (exact) mass is 417 g/mol. The number of hydrogen-bond donors (Lipinski definition) is 1. The van der Waals surface area contributed by atoms with Crippen molar-refractivity contribution in [3.05, 3.63) is 56.9 Å². The molecule has 148 valence electrons. The normalized spacial score (nSPS) is 14.2. The lowest BCUT2D eigenvalue weighted by Crippen LogP contribution is -2.13. The fourth-order valence-corrected chi connectivity index (χ4v) is 4.84. The summed E-state index contributed by atoms with van der Waals surface area (Å²) in [7, 11) is 0. The van der Waals surface area contributed by atoms with Crippen molar-refractivity contribution in [3.63, 3.8) is 0 Å². The predicted molar refractivity (Wildman–Crippen MR) is 115 cm³/mol. The molecule has 0 radical (unpaired) electrons. The molecule has 1 N–H and O–H groups in total. The Balaban J connectivity index is 1.85. The SMILES string of the molecule is CCOC(=O)c1c(NC(=O)/C=C\c2ccccc2Cl)sc2c1CCCCCC2. The number of nitrogens with one attached hydrogen (secondary N) is 1. The number of halogens is 1. The van der Waals surface area contributed by atoms with Crippen LogP contribution in [0.4, 0.5) is 5.00 Å². The first-order chi connectivity index (χ1) is 13.6. The van der Waals surface area contributed by atoms with Crippen LogP contribution in [0, 0.1) is 0 Å². The van der Waals surface area contributed by atoms with E-state index in [0.29, 0.717) is 22.2 Å². The number of amides is 1. The van der Waals surface area contributed by atoms with E-state index in [0.717, 1.165) is 36.8 Å². The molecule has 1 amide bonds. The van der Waals surface area contributed by atoms with E-state index in [2.05, 4.69) is 5.32 Å². The van der Waals surface area contributed by atoms with E-state index in [-0.39, 0.29) is 11.9 Å². The molecule has 0 spiro atoms. The van der Waals surface area contributed by atoms with Gasteiger partial charge in [0.15, 0.2) is 0 Å². The summed E-state index contributed by atoms with van der Waals surface area (Å²) in [4.78, 5) is 26.3. The maximum absolute atomic E-state index is 12.6. The van der Waals surface area contributed by atoms with Crippen LogP contribution < -0.4 is 5.32 Å². The Morgan fingerprint density at radius 3 is 2.68 bits per heavy atom. The first-order valence-electron chi connectivity index (χ1n) is 9.65. The third-order valence-electron chi connectivity index (χ3n) is 4.71. The van der Waals surface area contributed by atoms with Gasteiger partial charge in [0, 0.05) is 16.0 Å². The molecule has 0 fully saturated rings. The number of carbonyl (C=O) groups is 2. The molecule has 0 saturated carbocycles. The summed E-state index contributed by atoms with van der Waals surface area (Å²) in [5.74, 6) is -0.648. The Hall–Kier alpha value is -2.11. The lowest BCUT2D eigenvalue weighted by Gasteiger charge is -2.11. The second kappa shape index (κ2) is 9.89. The van der Waals surface area contributed by atoms with Gasteiger partial charge in [-0.15, -0.1) is 11.3 Å². The molecule has 1 aromatic carbocycles. The maximum atomic E-state index is 12.6. The van der Waals surface area contributed by atoms with Crippen molar-refractivity contribution in [3.8, 4) is 0 Å². The summed E-state index contributed by atoms with van der Waals surface area (Å²) < 4.78 is 5.27. The number of rotatable bonds is 5. The third kappa shape index (κ3) is 5.03. The van der Waals surface area contributed by atoms with Gasteiger partial charge in [0.2, 0.25) is 5.91 Å². The van der Waals surface area contributed by atoms with Crippen LogP contribution in [0.25, 0.3) is 6.08 Å². The number of esters is 1. The van der Waals surface area contributed by atoms with Gasteiger partial charge in [-0.1, -0.05) is 42.6 Å². The molecule has 0 saturated heterocycles. The maximum Gasteiger partial charge on any atom is 0.341 e. The lowest BCUT2D eigenvalue weighted by atomic mass is 9.96. The Kier molecular flexibility index (Phi) is 7.29. The van der Waals surface area contributed by atoms with E-state index in [9.17, 15) is 9.59 Å². The molecule has 6 heteroatoms. The number of ether oxygens (including phenoxy) is 1. The average molecular weight is 418 g/mol. The zero-order chi connectivity index (χ0) is 19.9. The number of fused-ring (bicyclic) bond motifs is 1. The smallest absolute Gasteiger partial charge is 0.341 e. The number of anilines is 1. The highest BCUT2D eigenvalue weighted by atomic mass is 35.5. The fourth-order valence-electron chi connectivity index (χ4n) is 3.36. The molecule has 0 aliphatic heterocycles. The van der Waals surface area contributed by atoms with Crippen molar-refractivity contribution in [2.75, 3.05) is 11.9 Å². The van der Waals surface area contributed by atoms with E-state index in [1.807, 2.05) is 18.2 Å². The molecular weight excluding hydrogens is 394 g/mol.